The Morgan fingerprint density at radius 3 is 2.87 bits per heavy atom. The number of nitrogens with zero attached hydrogens (tertiary/aromatic N) is 2. The van der Waals surface area contributed by atoms with Gasteiger partial charge in [0.05, 0.1) is 10.5 Å². The average Bonchev–Trinajstić information content (AvgIpc) is 2.53. The summed E-state index contributed by atoms with van der Waals surface area (Å²) in [5.41, 5.74) is 0.0832. The summed E-state index contributed by atoms with van der Waals surface area (Å²) in [7, 11) is 0. The molecular weight excluding hydrogens is 300 g/mol. The quantitative estimate of drug-likeness (QED) is 0.631. The molecular formula is C15H16N4O4. The normalized spacial score (nSPS) is 18.1. The molecule has 2 N–H and O–H groups in total. The molecule has 0 aliphatic carbocycles. The maximum Gasteiger partial charge on any atom is 0.270 e. The van der Waals surface area contributed by atoms with Crippen LogP contribution in [0, 0.1) is 10.1 Å². The number of amides is 1. The molecule has 8 heteroatoms. The van der Waals surface area contributed by atoms with E-state index in [4.69, 9.17) is 0 Å². The lowest BCUT2D eigenvalue weighted by atomic mass is 10.1. The lowest BCUT2D eigenvalue weighted by molar-refractivity contribution is -0.384. The number of nitro benzene ring substituents is 1. The number of nitro groups is 1. The number of benzene rings is 1. The molecule has 0 spiro atoms. The van der Waals surface area contributed by atoms with Crippen LogP contribution in [-0.2, 0) is 0 Å². The third kappa shape index (κ3) is 2.80. The summed E-state index contributed by atoms with van der Waals surface area (Å²) < 4.78 is 0. The molecule has 1 unspecified atom stereocenters. The van der Waals surface area contributed by atoms with Crippen LogP contribution in [0.3, 0.4) is 0 Å². The van der Waals surface area contributed by atoms with Crippen molar-refractivity contribution in [1.82, 2.24) is 15.2 Å². The zero-order chi connectivity index (χ0) is 16.6. The maximum atomic E-state index is 12.8. The third-order valence-electron chi connectivity index (χ3n) is 4.03. The molecule has 1 aliphatic rings. The minimum Gasteiger partial charge on any atom is -0.333 e. The van der Waals surface area contributed by atoms with Gasteiger partial charge in [-0.1, -0.05) is 0 Å². The minimum atomic E-state index is -0.522. The monoisotopic (exact) mass is 316 g/mol. The van der Waals surface area contributed by atoms with Crippen LogP contribution >= 0.6 is 0 Å². The van der Waals surface area contributed by atoms with Crippen molar-refractivity contribution in [3.05, 3.63) is 50.3 Å². The van der Waals surface area contributed by atoms with Gasteiger partial charge in [0, 0.05) is 54.8 Å². The molecule has 1 aromatic heterocycles. The van der Waals surface area contributed by atoms with E-state index in [1.165, 1.54) is 24.3 Å². The van der Waals surface area contributed by atoms with Gasteiger partial charge in [0.15, 0.2) is 0 Å². The first-order chi connectivity index (χ1) is 11.0. The summed E-state index contributed by atoms with van der Waals surface area (Å²) in [6, 6.07) is 5.28. The molecule has 0 bridgehead atoms. The van der Waals surface area contributed by atoms with E-state index in [1.54, 1.807) is 4.90 Å². The summed E-state index contributed by atoms with van der Waals surface area (Å²) >= 11 is 0. The lowest BCUT2D eigenvalue weighted by Gasteiger charge is -2.34. The van der Waals surface area contributed by atoms with Gasteiger partial charge in [-0.05, 0) is 13.0 Å². The first-order valence-electron chi connectivity index (χ1n) is 7.30. The molecule has 3 rings (SSSR count). The Kier molecular flexibility index (Phi) is 3.83. The van der Waals surface area contributed by atoms with Gasteiger partial charge in [-0.2, -0.15) is 0 Å². The second-order valence-corrected chi connectivity index (χ2v) is 5.59. The molecule has 23 heavy (non-hydrogen) atoms. The van der Waals surface area contributed by atoms with Crippen LogP contribution in [0.1, 0.15) is 17.3 Å². The average molecular weight is 316 g/mol. The summed E-state index contributed by atoms with van der Waals surface area (Å²) in [6.45, 7) is 3.80. The molecule has 1 atom stereocenters. The van der Waals surface area contributed by atoms with Crippen molar-refractivity contribution in [2.45, 2.75) is 13.0 Å². The largest absolute Gasteiger partial charge is 0.333 e. The minimum absolute atomic E-state index is 0.00992. The number of carbonyl (C=O) groups is 1. The highest BCUT2D eigenvalue weighted by Crippen LogP contribution is 2.23. The Balaban J connectivity index is 2.14. The van der Waals surface area contributed by atoms with Crippen molar-refractivity contribution in [2.24, 2.45) is 0 Å². The van der Waals surface area contributed by atoms with Crippen molar-refractivity contribution in [3.63, 3.8) is 0 Å². The first kappa shape index (κ1) is 15.2. The van der Waals surface area contributed by atoms with Crippen LogP contribution in [0.4, 0.5) is 5.69 Å². The number of fused-ring (bicyclic) bond motifs is 1. The Morgan fingerprint density at radius 1 is 1.39 bits per heavy atom. The van der Waals surface area contributed by atoms with Crippen LogP contribution < -0.4 is 10.9 Å². The molecule has 1 fully saturated rings. The van der Waals surface area contributed by atoms with E-state index in [-0.39, 0.29) is 23.2 Å². The molecule has 1 saturated heterocycles. The van der Waals surface area contributed by atoms with Gasteiger partial charge in [-0.15, -0.1) is 0 Å². The molecule has 1 amide bonds. The molecule has 0 radical (unpaired) electrons. The Bertz CT molecular complexity index is 845. The van der Waals surface area contributed by atoms with Gasteiger partial charge in [-0.25, -0.2) is 0 Å². The van der Waals surface area contributed by atoms with Crippen molar-refractivity contribution in [2.75, 3.05) is 19.6 Å². The van der Waals surface area contributed by atoms with E-state index in [2.05, 4.69) is 10.3 Å². The van der Waals surface area contributed by atoms with Gasteiger partial charge in [0.1, 0.15) is 0 Å². The summed E-state index contributed by atoms with van der Waals surface area (Å²) in [6.07, 6.45) is 0. The molecule has 120 valence electrons. The Labute approximate surface area is 131 Å². The zero-order valence-corrected chi connectivity index (χ0v) is 12.5. The number of hydrogen-bond acceptors (Lipinski definition) is 5. The summed E-state index contributed by atoms with van der Waals surface area (Å²) in [5, 5.41) is 14.6. The number of aromatic nitrogens is 1. The molecule has 2 heterocycles. The van der Waals surface area contributed by atoms with E-state index in [0.717, 1.165) is 0 Å². The van der Waals surface area contributed by atoms with Gasteiger partial charge < -0.3 is 15.2 Å². The second-order valence-electron chi connectivity index (χ2n) is 5.59. The smallest absolute Gasteiger partial charge is 0.270 e. The Morgan fingerprint density at radius 2 is 2.17 bits per heavy atom. The predicted octanol–water partition coefficient (Wildman–Crippen LogP) is 0.870. The van der Waals surface area contributed by atoms with Crippen molar-refractivity contribution < 1.29 is 9.72 Å². The zero-order valence-electron chi connectivity index (χ0n) is 12.5. The highest BCUT2D eigenvalue weighted by molar-refractivity contribution is 6.06. The number of aromatic amines is 1. The van der Waals surface area contributed by atoms with E-state index in [9.17, 15) is 19.7 Å². The maximum absolute atomic E-state index is 12.8. The van der Waals surface area contributed by atoms with Gasteiger partial charge in [0.2, 0.25) is 5.56 Å². The highest BCUT2D eigenvalue weighted by Gasteiger charge is 2.26. The van der Waals surface area contributed by atoms with Gasteiger partial charge in [0.25, 0.3) is 11.6 Å². The number of rotatable bonds is 2. The van der Waals surface area contributed by atoms with Crippen molar-refractivity contribution >= 4 is 22.5 Å². The number of carbonyl (C=O) groups excluding carboxylic acids is 1. The fourth-order valence-corrected chi connectivity index (χ4v) is 2.83. The summed E-state index contributed by atoms with van der Waals surface area (Å²) in [5.74, 6) is -0.282. The molecule has 0 saturated carbocycles. The topological polar surface area (TPSA) is 108 Å². The lowest BCUT2D eigenvalue weighted by Crippen LogP contribution is -2.52. The highest BCUT2D eigenvalue weighted by atomic mass is 16.6. The molecule has 1 aromatic carbocycles. The number of non-ortho nitro benzene ring substituents is 1. The second kappa shape index (κ2) is 5.81. The van der Waals surface area contributed by atoms with Crippen molar-refractivity contribution in [1.29, 1.82) is 0 Å². The number of hydrogen-bond donors (Lipinski definition) is 2. The summed E-state index contributed by atoms with van der Waals surface area (Å²) in [4.78, 5) is 39.4. The van der Waals surface area contributed by atoms with Crippen LogP contribution in [-0.4, -0.2) is 46.4 Å². The van der Waals surface area contributed by atoms with Crippen molar-refractivity contribution in [3.8, 4) is 0 Å². The van der Waals surface area contributed by atoms with E-state index < -0.39 is 10.5 Å². The van der Waals surface area contributed by atoms with E-state index >= 15 is 0 Å². The van der Waals surface area contributed by atoms with Crippen LogP contribution in [0.5, 0.6) is 0 Å². The number of piperazine rings is 1. The number of pyridine rings is 1. The first-order valence-corrected chi connectivity index (χ1v) is 7.30. The van der Waals surface area contributed by atoms with Crippen LogP contribution in [0.2, 0.25) is 0 Å². The van der Waals surface area contributed by atoms with Crippen LogP contribution in [0.25, 0.3) is 10.9 Å². The van der Waals surface area contributed by atoms with E-state index in [0.29, 0.717) is 30.5 Å². The third-order valence-corrected chi connectivity index (χ3v) is 4.03. The fourth-order valence-electron chi connectivity index (χ4n) is 2.83. The number of nitrogens with one attached hydrogen (secondary N) is 2. The van der Waals surface area contributed by atoms with E-state index in [1.807, 2.05) is 6.92 Å². The molecule has 2 aromatic rings. The predicted molar refractivity (Wildman–Crippen MR) is 84.6 cm³/mol. The SMILES string of the molecule is CC1CNCCN1C(=O)c1cc(=O)[nH]c2ccc([N+](=O)[O-])cc12. The number of H-pyrrole nitrogens is 1. The standard InChI is InChI=1S/C15H16N4O4/c1-9-8-16-4-5-18(9)15(21)12-7-14(20)17-13-3-2-10(19(22)23)6-11(12)13/h2-3,6-7,9,16H,4-5,8H2,1H3,(H,17,20). The van der Waals surface area contributed by atoms with Gasteiger partial charge >= 0.3 is 0 Å². The van der Waals surface area contributed by atoms with Crippen LogP contribution in [0.15, 0.2) is 29.1 Å². The Hall–Kier alpha value is -2.74. The van der Waals surface area contributed by atoms with Gasteiger partial charge in [-0.3, -0.25) is 19.7 Å². The fraction of sp³-hybridized carbons (Fsp3) is 0.333. The molecule has 8 nitrogen and oxygen atoms in total. The molecule has 1 aliphatic heterocycles.